The van der Waals surface area contributed by atoms with E-state index in [2.05, 4.69) is 10.2 Å². The van der Waals surface area contributed by atoms with Crippen molar-refractivity contribution in [2.45, 2.75) is 25.3 Å². The lowest BCUT2D eigenvalue weighted by Gasteiger charge is -2.23. The van der Waals surface area contributed by atoms with Crippen LogP contribution >= 0.6 is 0 Å². The van der Waals surface area contributed by atoms with Gasteiger partial charge in [0, 0.05) is 24.7 Å². The Kier molecular flexibility index (Phi) is 6.10. The highest BCUT2D eigenvalue weighted by Gasteiger charge is 2.31. The zero-order chi connectivity index (χ0) is 20.1. The van der Waals surface area contributed by atoms with E-state index in [4.69, 9.17) is 4.74 Å². The number of carbonyl (C=O) groups excluding carboxylic acids is 2. The average Bonchev–Trinajstić information content (AvgIpc) is 3.45. The first-order chi connectivity index (χ1) is 14.2. The maximum Gasteiger partial charge on any atom is 0.251 e. The first-order valence-corrected chi connectivity index (χ1v) is 10.3. The van der Waals surface area contributed by atoms with Gasteiger partial charge >= 0.3 is 0 Å². The molecule has 4 rings (SSSR count). The molecule has 6 nitrogen and oxygen atoms in total. The summed E-state index contributed by atoms with van der Waals surface area (Å²) < 4.78 is 5.73. The number of para-hydroxylation sites is 1. The van der Waals surface area contributed by atoms with E-state index in [0.29, 0.717) is 17.4 Å². The van der Waals surface area contributed by atoms with Gasteiger partial charge in [0.25, 0.3) is 5.91 Å². The monoisotopic (exact) mass is 393 g/mol. The lowest BCUT2D eigenvalue weighted by atomic mass is 10.2. The number of nitrogens with zero attached hydrogens (tertiary/aromatic N) is 2. The summed E-state index contributed by atoms with van der Waals surface area (Å²) in [5, 5.41) is 2.74. The first-order valence-electron chi connectivity index (χ1n) is 10.3. The van der Waals surface area contributed by atoms with Crippen molar-refractivity contribution in [3.8, 4) is 11.5 Å². The maximum absolute atomic E-state index is 12.5. The molecule has 2 heterocycles. The van der Waals surface area contributed by atoms with Gasteiger partial charge in [-0.3, -0.25) is 14.5 Å². The number of rotatable bonds is 6. The number of carbonyl (C=O) groups is 2. The summed E-state index contributed by atoms with van der Waals surface area (Å²) in [5.74, 6) is 1.14. The van der Waals surface area contributed by atoms with Gasteiger partial charge in [-0.1, -0.05) is 18.2 Å². The Hall–Kier alpha value is -2.86. The first kappa shape index (κ1) is 19.5. The molecule has 2 aliphatic rings. The topological polar surface area (TPSA) is 61.9 Å². The fourth-order valence-electron chi connectivity index (χ4n) is 4.04. The van der Waals surface area contributed by atoms with E-state index >= 15 is 0 Å². The molecule has 0 spiro atoms. The third kappa shape index (κ3) is 4.95. The van der Waals surface area contributed by atoms with Gasteiger partial charge in [-0.2, -0.15) is 0 Å². The Morgan fingerprint density at radius 2 is 1.62 bits per heavy atom. The molecular weight excluding hydrogens is 366 g/mol. The minimum Gasteiger partial charge on any atom is -0.457 e. The SMILES string of the molecule is O=C(NCC(=O)N1CC[C@@H](N2CCCC2)C1)c1ccc(Oc2ccccc2)cc1. The number of benzene rings is 2. The zero-order valence-electron chi connectivity index (χ0n) is 16.5. The summed E-state index contributed by atoms with van der Waals surface area (Å²) in [6.07, 6.45) is 3.55. The highest BCUT2D eigenvalue weighted by atomic mass is 16.5. The highest BCUT2D eigenvalue weighted by Crippen LogP contribution is 2.22. The van der Waals surface area contributed by atoms with Crippen LogP contribution in [0.3, 0.4) is 0 Å². The summed E-state index contributed by atoms with van der Waals surface area (Å²) in [6.45, 7) is 3.89. The molecule has 0 unspecified atom stereocenters. The van der Waals surface area contributed by atoms with Gasteiger partial charge in [-0.05, 0) is 68.8 Å². The predicted molar refractivity (Wildman–Crippen MR) is 111 cm³/mol. The van der Waals surface area contributed by atoms with Crippen LogP contribution in [-0.4, -0.2) is 60.4 Å². The van der Waals surface area contributed by atoms with E-state index in [1.165, 1.54) is 12.8 Å². The third-order valence-electron chi connectivity index (χ3n) is 5.67. The van der Waals surface area contributed by atoms with Crippen molar-refractivity contribution < 1.29 is 14.3 Å². The van der Waals surface area contributed by atoms with Gasteiger partial charge in [-0.25, -0.2) is 0 Å². The number of ether oxygens (including phenoxy) is 1. The van der Waals surface area contributed by atoms with Gasteiger partial charge in [0.05, 0.1) is 6.54 Å². The Balaban J connectivity index is 1.24. The standard InChI is InChI=1S/C23H27N3O3/c27-22(26-15-12-19(17-26)25-13-4-5-14-25)16-24-23(28)18-8-10-21(11-9-18)29-20-6-2-1-3-7-20/h1-3,6-11,19H,4-5,12-17H2,(H,24,28)/t19-/m1/s1. The molecule has 0 aliphatic carbocycles. The predicted octanol–water partition coefficient (Wildman–Crippen LogP) is 2.91. The fourth-order valence-corrected chi connectivity index (χ4v) is 4.04. The molecular formula is C23H27N3O3. The van der Waals surface area contributed by atoms with Gasteiger partial charge in [-0.15, -0.1) is 0 Å². The van der Waals surface area contributed by atoms with E-state index in [-0.39, 0.29) is 18.4 Å². The van der Waals surface area contributed by atoms with Crippen molar-refractivity contribution in [1.29, 1.82) is 0 Å². The van der Waals surface area contributed by atoms with E-state index in [9.17, 15) is 9.59 Å². The molecule has 0 saturated carbocycles. The van der Waals surface area contributed by atoms with E-state index in [0.717, 1.165) is 38.3 Å². The van der Waals surface area contributed by atoms with Gasteiger partial charge < -0.3 is 15.0 Å². The molecule has 1 N–H and O–H groups in total. The summed E-state index contributed by atoms with van der Waals surface area (Å²) in [4.78, 5) is 29.2. The Bertz CT molecular complexity index is 832. The van der Waals surface area contributed by atoms with Crippen LogP contribution in [0.15, 0.2) is 54.6 Å². The second-order valence-electron chi connectivity index (χ2n) is 7.65. The van der Waals surface area contributed by atoms with Crippen LogP contribution in [0.25, 0.3) is 0 Å². The highest BCUT2D eigenvalue weighted by molar-refractivity contribution is 5.96. The van der Waals surface area contributed by atoms with Gasteiger partial charge in [0.1, 0.15) is 11.5 Å². The Labute approximate surface area is 171 Å². The van der Waals surface area contributed by atoms with Crippen LogP contribution in [0.2, 0.25) is 0 Å². The zero-order valence-corrected chi connectivity index (χ0v) is 16.5. The molecule has 2 aliphatic heterocycles. The van der Waals surface area contributed by atoms with Crippen molar-refractivity contribution in [2.24, 2.45) is 0 Å². The molecule has 2 fully saturated rings. The molecule has 2 aromatic carbocycles. The molecule has 0 bridgehead atoms. The summed E-state index contributed by atoms with van der Waals surface area (Å²) in [6, 6.07) is 16.9. The molecule has 0 radical (unpaired) electrons. The smallest absolute Gasteiger partial charge is 0.251 e. The lowest BCUT2D eigenvalue weighted by molar-refractivity contribution is -0.129. The second kappa shape index (κ2) is 9.09. The molecule has 0 aromatic heterocycles. The van der Waals surface area contributed by atoms with Crippen LogP contribution in [0.5, 0.6) is 11.5 Å². The molecule has 2 saturated heterocycles. The van der Waals surface area contributed by atoms with Crippen LogP contribution < -0.4 is 10.1 Å². The van der Waals surface area contributed by atoms with Crippen LogP contribution in [0, 0.1) is 0 Å². The van der Waals surface area contributed by atoms with Crippen molar-refractivity contribution >= 4 is 11.8 Å². The van der Waals surface area contributed by atoms with Crippen molar-refractivity contribution in [3.63, 3.8) is 0 Å². The number of hydrogen-bond acceptors (Lipinski definition) is 4. The molecule has 152 valence electrons. The van der Waals surface area contributed by atoms with Gasteiger partial charge in [0.15, 0.2) is 0 Å². The number of nitrogens with one attached hydrogen (secondary N) is 1. The Morgan fingerprint density at radius 1 is 0.931 bits per heavy atom. The van der Waals surface area contributed by atoms with Crippen LogP contribution in [-0.2, 0) is 4.79 Å². The second-order valence-corrected chi connectivity index (χ2v) is 7.65. The van der Waals surface area contributed by atoms with E-state index in [1.807, 2.05) is 35.2 Å². The minimum absolute atomic E-state index is 0.0101. The van der Waals surface area contributed by atoms with Crippen molar-refractivity contribution in [3.05, 3.63) is 60.2 Å². The fraction of sp³-hybridized carbons (Fsp3) is 0.391. The third-order valence-corrected chi connectivity index (χ3v) is 5.67. The molecule has 29 heavy (non-hydrogen) atoms. The normalized spacial score (nSPS) is 19.3. The molecule has 6 heteroatoms. The maximum atomic E-state index is 12.5. The molecule has 2 aromatic rings. The summed E-state index contributed by atoms with van der Waals surface area (Å²) in [5.41, 5.74) is 0.509. The Morgan fingerprint density at radius 3 is 2.34 bits per heavy atom. The van der Waals surface area contributed by atoms with Crippen LogP contribution in [0.1, 0.15) is 29.6 Å². The van der Waals surface area contributed by atoms with E-state index in [1.54, 1.807) is 24.3 Å². The number of amides is 2. The molecule has 2 amide bonds. The largest absolute Gasteiger partial charge is 0.457 e. The summed E-state index contributed by atoms with van der Waals surface area (Å²) in [7, 11) is 0. The van der Waals surface area contributed by atoms with Crippen LogP contribution in [0.4, 0.5) is 0 Å². The molecule has 1 atom stereocenters. The van der Waals surface area contributed by atoms with Gasteiger partial charge in [0.2, 0.25) is 5.91 Å². The summed E-state index contributed by atoms with van der Waals surface area (Å²) >= 11 is 0. The number of likely N-dealkylation sites (tertiary alicyclic amines) is 2. The minimum atomic E-state index is -0.250. The van der Waals surface area contributed by atoms with Crippen molar-refractivity contribution in [1.82, 2.24) is 15.1 Å². The number of hydrogen-bond donors (Lipinski definition) is 1. The average molecular weight is 393 g/mol. The van der Waals surface area contributed by atoms with Crippen molar-refractivity contribution in [2.75, 3.05) is 32.7 Å². The quantitative estimate of drug-likeness (QED) is 0.820. The lowest BCUT2D eigenvalue weighted by Crippen LogP contribution is -2.41. The van der Waals surface area contributed by atoms with E-state index < -0.39 is 0 Å².